The maximum atomic E-state index is 13.1. The Balaban J connectivity index is 1.65. The van der Waals surface area contributed by atoms with E-state index in [2.05, 4.69) is 33.5 Å². The van der Waals surface area contributed by atoms with Gasteiger partial charge in [0.1, 0.15) is 0 Å². The maximum Gasteiger partial charge on any atom is 0.416 e. The molecule has 0 saturated carbocycles. The lowest BCUT2D eigenvalue weighted by molar-refractivity contribution is -0.137. The molecule has 1 aliphatic heterocycles. The molecule has 0 spiro atoms. The Morgan fingerprint density at radius 1 is 1.17 bits per heavy atom. The number of benzene rings is 1. The Morgan fingerprint density at radius 2 is 1.91 bits per heavy atom. The van der Waals surface area contributed by atoms with Gasteiger partial charge in [0.2, 0.25) is 5.52 Å². The summed E-state index contributed by atoms with van der Waals surface area (Å²) in [6.45, 7) is 15.1. The van der Waals surface area contributed by atoms with Crippen molar-refractivity contribution < 1.29 is 13.2 Å². The summed E-state index contributed by atoms with van der Waals surface area (Å²) in [7, 11) is 1.69. The number of aromatic nitrogens is 2. The maximum absolute atomic E-state index is 13.1. The quantitative estimate of drug-likeness (QED) is 0.473. The van der Waals surface area contributed by atoms with E-state index in [0.717, 1.165) is 18.1 Å². The van der Waals surface area contributed by atoms with Crippen LogP contribution in [0.2, 0.25) is 0 Å². The molecule has 0 N–H and O–H groups in total. The van der Waals surface area contributed by atoms with Crippen molar-refractivity contribution >= 4 is 22.5 Å². The molecule has 2 atom stereocenters. The number of halogens is 3. The summed E-state index contributed by atoms with van der Waals surface area (Å²) >= 11 is 0. The van der Waals surface area contributed by atoms with Crippen LogP contribution in [0.4, 0.5) is 24.7 Å². The first kappa shape index (κ1) is 24.7. The summed E-state index contributed by atoms with van der Waals surface area (Å²) in [4.78, 5) is 25.2. The van der Waals surface area contributed by atoms with Crippen molar-refractivity contribution in [3.05, 3.63) is 74.9 Å². The van der Waals surface area contributed by atoms with Gasteiger partial charge in [0, 0.05) is 44.8 Å². The summed E-state index contributed by atoms with van der Waals surface area (Å²) < 4.78 is 40.8. The van der Waals surface area contributed by atoms with E-state index in [-0.39, 0.29) is 23.5 Å². The second kappa shape index (κ2) is 9.34. The van der Waals surface area contributed by atoms with Crippen LogP contribution >= 0.6 is 0 Å². The van der Waals surface area contributed by atoms with Gasteiger partial charge in [-0.2, -0.15) is 13.2 Å². The molecule has 6 nitrogen and oxygen atoms in total. The number of anilines is 1. The minimum absolute atomic E-state index is 0.0289. The third kappa shape index (κ3) is 4.76. The minimum Gasteiger partial charge on any atom is -0.362 e. The lowest BCUT2D eigenvalue weighted by Crippen LogP contribution is -2.57. The molecule has 0 bridgehead atoms. The largest absolute Gasteiger partial charge is 0.416 e. The molecule has 184 valence electrons. The molecule has 1 saturated heterocycles. The Morgan fingerprint density at radius 3 is 2.54 bits per heavy atom. The molecular weight excluding hydrogens is 455 g/mol. The van der Waals surface area contributed by atoms with Crippen LogP contribution in [0.25, 0.3) is 15.9 Å². The number of hydrogen-bond acceptors (Lipinski definition) is 4. The van der Waals surface area contributed by atoms with Crippen molar-refractivity contribution in [1.29, 1.82) is 0 Å². The van der Waals surface area contributed by atoms with Gasteiger partial charge in [0.15, 0.2) is 0 Å². The number of hydrogen-bond donors (Lipinski definition) is 0. The van der Waals surface area contributed by atoms with E-state index >= 15 is 0 Å². The van der Waals surface area contributed by atoms with E-state index in [9.17, 15) is 18.0 Å². The van der Waals surface area contributed by atoms with Gasteiger partial charge in [0.05, 0.1) is 16.8 Å². The van der Waals surface area contributed by atoms with Crippen LogP contribution < -0.4 is 10.5 Å². The average Bonchev–Trinajstić information content (AvgIpc) is 2.82. The first-order valence-corrected chi connectivity index (χ1v) is 11.6. The Labute approximate surface area is 202 Å². The zero-order valence-corrected chi connectivity index (χ0v) is 20.2. The highest BCUT2D eigenvalue weighted by atomic mass is 19.4. The van der Waals surface area contributed by atoms with Crippen LogP contribution in [0.1, 0.15) is 37.0 Å². The zero-order chi connectivity index (χ0) is 25.5. The molecule has 35 heavy (non-hydrogen) atoms. The molecule has 1 aliphatic rings. The molecule has 0 unspecified atom stereocenters. The molecule has 9 heteroatoms. The number of piperazine rings is 1. The number of aryl methyl sites for hydroxylation is 2. The standard InChI is InChI=1S/C26H28F3N5O/c1-6-20-15-34(22-12-24(35)32(5)21-9-10-23(30-4)31-25(21)22)17(3)13-33(20)14-18-7-8-19(11-16(18)2)26(27,28)29/h7-12,17,20H,6,13-15H2,1-3,5H3/t17-,20+/m0/s1. The molecular formula is C26H28F3N5O. The summed E-state index contributed by atoms with van der Waals surface area (Å²) in [5.74, 6) is 0.272. The topological polar surface area (TPSA) is 45.7 Å². The van der Waals surface area contributed by atoms with Crippen molar-refractivity contribution in [2.45, 2.75) is 52.0 Å². The second-order valence-electron chi connectivity index (χ2n) is 9.21. The van der Waals surface area contributed by atoms with Gasteiger partial charge in [-0.3, -0.25) is 9.69 Å². The normalized spacial score (nSPS) is 19.2. The van der Waals surface area contributed by atoms with E-state index in [1.165, 1.54) is 10.6 Å². The van der Waals surface area contributed by atoms with Gasteiger partial charge in [-0.25, -0.2) is 0 Å². The fourth-order valence-corrected chi connectivity index (χ4v) is 4.88. The van der Waals surface area contributed by atoms with Gasteiger partial charge in [-0.05, 0) is 55.7 Å². The Kier molecular flexibility index (Phi) is 6.60. The Bertz CT molecular complexity index is 1360. The smallest absolute Gasteiger partial charge is 0.362 e. The highest BCUT2D eigenvalue weighted by molar-refractivity contribution is 5.89. The highest BCUT2D eigenvalue weighted by Gasteiger charge is 2.34. The Hall–Kier alpha value is -3.38. The fourth-order valence-electron chi connectivity index (χ4n) is 4.88. The predicted molar refractivity (Wildman–Crippen MR) is 131 cm³/mol. The van der Waals surface area contributed by atoms with Crippen molar-refractivity contribution in [2.75, 3.05) is 18.0 Å². The molecule has 0 aliphatic carbocycles. The summed E-state index contributed by atoms with van der Waals surface area (Å²) in [5.41, 5.74) is 2.72. The first-order chi connectivity index (χ1) is 16.5. The molecule has 1 fully saturated rings. The highest BCUT2D eigenvalue weighted by Crippen LogP contribution is 2.33. The van der Waals surface area contributed by atoms with Crippen LogP contribution in [-0.2, 0) is 19.8 Å². The zero-order valence-electron chi connectivity index (χ0n) is 20.2. The van der Waals surface area contributed by atoms with Gasteiger partial charge >= 0.3 is 6.18 Å². The fraction of sp³-hybridized carbons (Fsp3) is 0.423. The van der Waals surface area contributed by atoms with Crippen molar-refractivity contribution in [2.24, 2.45) is 7.05 Å². The number of nitrogens with zero attached hydrogens (tertiary/aromatic N) is 5. The molecule has 1 aromatic carbocycles. The average molecular weight is 484 g/mol. The van der Waals surface area contributed by atoms with E-state index in [1.807, 2.05) is 0 Å². The third-order valence-electron chi connectivity index (χ3n) is 6.95. The van der Waals surface area contributed by atoms with Crippen LogP contribution in [-0.4, -0.2) is 39.6 Å². The van der Waals surface area contributed by atoms with Crippen molar-refractivity contribution in [3.63, 3.8) is 0 Å². The molecule has 2 aromatic heterocycles. The van der Waals surface area contributed by atoms with Crippen LogP contribution in [0, 0.1) is 13.5 Å². The summed E-state index contributed by atoms with van der Waals surface area (Å²) in [6, 6.07) is 9.05. The van der Waals surface area contributed by atoms with E-state index < -0.39 is 11.7 Å². The monoisotopic (exact) mass is 483 g/mol. The van der Waals surface area contributed by atoms with Crippen LogP contribution in [0.5, 0.6) is 0 Å². The van der Waals surface area contributed by atoms with E-state index in [4.69, 9.17) is 6.57 Å². The van der Waals surface area contributed by atoms with Gasteiger partial charge in [-0.1, -0.05) is 19.6 Å². The minimum atomic E-state index is -4.36. The number of alkyl halides is 3. The third-order valence-corrected chi connectivity index (χ3v) is 6.95. The van der Waals surface area contributed by atoms with E-state index in [0.29, 0.717) is 41.9 Å². The summed E-state index contributed by atoms with van der Waals surface area (Å²) in [6.07, 6.45) is -3.52. The van der Waals surface area contributed by atoms with Crippen LogP contribution in [0.15, 0.2) is 41.2 Å². The lowest BCUT2D eigenvalue weighted by atomic mass is 10.00. The SMILES string of the molecule is [C-]#[N+]c1ccc2c(n1)c(N1C[C@@H](CC)N(Cc3ccc(C(F)(F)F)cc3C)C[C@@H]1C)cc(=O)n2C. The van der Waals surface area contributed by atoms with Gasteiger partial charge in [-0.15, -0.1) is 4.98 Å². The van der Waals surface area contributed by atoms with E-state index in [1.54, 1.807) is 38.2 Å². The molecule has 0 radical (unpaired) electrons. The van der Waals surface area contributed by atoms with Crippen LogP contribution in [0.3, 0.4) is 0 Å². The molecule has 4 rings (SSSR count). The first-order valence-electron chi connectivity index (χ1n) is 11.6. The molecule has 0 amide bonds. The van der Waals surface area contributed by atoms with Crippen molar-refractivity contribution in [3.8, 4) is 0 Å². The lowest BCUT2D eigenvalue weighted by Gasteiger charge is -2.46. The molecule has 3 aromatic rings. The van der Waals surface area contributed by atoms with Crippen molar-refractivity contribution in [1.82, 2.24) is 14.5 Å². The molecule has 3 heterocycles. The van der Waals surface area contributed by atoms with Gasteiger partial charge < -0.3 is 14.3 Å². The number of fused-ring (bicyclic) bond motifs is 1. The number of pyridine rings is 2. The summed E-state index contributed by atoms with van der Waals surface area (Å²) in [5, 5.41) is 0. The van der Waals surface area contributed by atoms with Gasteiger partial charge in [0.25, 0.3) is 11.4 Å². The second-order valence-corrected chi connectivity index (χ2v) is 9.21. The number of rotatable bonds is 4. The predicted octanol–water partition coefficient (Wildman–Crippen LogP) is 5.30.